The highest BCUT2D eigenvalue weighted by molar-refractivity contribution is 6.35. The van der Waals surface area contributed by atoms with E-state index in [-0.39, 0.29) is 0 Å². The van der Waals surface area contributed by atoms with E-state index >= 15 is 0 Å². The number of ether oxygens (including phenoxy) is 1. The Hall–Kier alpha value is -2.46. The number of benzene rings is 2. The second-order valence-electron chi connectivity index (χ2n) is 4.34. The van der Waals surface area contributed by atoms with Crippen molar-refractivity contribution >= 4 is 33.9 Å². The van der Waals surface area contributed by atoms with E-state index in [0.29, 0.717) is 33.4 Å². The van der Waals surface area contributed by atoms with E-state index in [0.717, 1.165) is 5.39 Å². The van der Waals surface area contributed by atoms with Gasteiger partial charge in [-0.05, 0) is 36.4 Å². The normalized spacial score (nSPS) is 10.7. The largest absolute Gasteiger partial charge is 0.455 e. The maximum atomic E-state index is 6.15. The monoisotopic (exact) mass is 285 g/mol. The van der Waals surface area contributed by atoms with Crippen LogP contribution in [0.3, 0.4) is 0 Å². The zero-order valence-corrected chi connectivity index (χ0v) is 11.3. The fraction of sp³-hybridized carbons (Fsp3) is 0. The molecule has 0 aliphatic carbocycles. The van der Waals surface area contributed by atoms with Crippen LogP contribution in [0.5, 0.6) is 11.5 Å². The fourth-order valence-corrected chi connectivity index (χ4v) is 2.15. The Morgan fingerprint density at radius 2 is 1.85 bits per heavy atom. The molecule has 5 heteroatoms. The Balaban J connectivity index is 2.06. The summed E-state index contributed by atoms with van der Waals surface area (Å²) in [4.78, 5) is 4.31. The zero-order chi connectivity index (χ0) is 14.1. The minimum atomic E-state index is 0.480. The highest BCUT2D eigenvalue weighted by atomic mass is 35.5. The van der Waals surface area contributed by atoms with Crippen LogP contribution in [0.4, 0.5) is 11.4 Å². The minimum absolute atomic E-state index is 0.480. The van der Waals surface area contributed by atoms with E-state index in [1.165, 1.54) is 0 Å². The van der Waals surface area contributed by atoms with Crippen LogP contribution in [0.15, 0.2) is 48.7 Å². The van der Waals surface area contributed by atoms with Crippen LogP contribution in [-0.4, -0.2) is 4.98 Å². The zero-order valence-electron chi connectivity index (χ0n) is 10.5. The van der Waals surface area contributed by atoms with Gasteiger partial charge in [0.25, 0.3) is 0 Å². The highest BCUT2D eigenvalue weighted by Crippen LogP contribution is 2.33. The van der Waals surface area contributed by atoms with Crippen LogP contribution in [0, 0.1) is 0 Å². The Morgan fingerprint density at radius 3 is 2.65 bits per heavy atom. The molecule has 0 radical (unpaired) electrons. The van der Waals surface area contributed by atoms with Gasteiger partial charge in [0.05, 0.1) is 16.4 Å². The third-order valence-electron chi connectivity index (χ3n) is 2.97. The molecule has 0 aliphatic rings. The summed E-state index contributed by atoms with van der Waals surface area (Å²) >= 11 is 6.15. The van der Waals surface area contributed by atoms with Crippen molar-refractivity contribution in [2.45, 2.75) is 0 Å². The van der Waals surface area contributed by atoms with E-state index in [1.54, 1.807) is 36.5 Å². The quantitative estimate of drug-likeness (QED) is 0.702. The second kappa shape index (κ2) is 4.90. The fourth-order valence-electron chi connectivity index (χ4n) is 1.94. The number of hydrogen-bond acceptors (Lipinski definition) is 4. The molecular weight excluding hydrogens is 274 g/mol. The lowest BCUT2D eigenvalue weighted by Crippen LogP contribution is -1.95. The van der Waals surface area contributed by atoms with Gasteiger partial charge in [0.1, 0.15) is 11.3 Å². The summed E-state index contributed by atoms with van der Waals surface area (Å²) in [6.07, 6.45) is 1.70. The van der Waals surface area contributed by atoms with Gasteiger partial charge in [-0.3, -0.25) is 4.98 Å². The first-order chi connectivity index (χ1) is 9.65. The number of pyridine rings is 1. The molecule has 20 heavy (non-hydrogen) atoms. The lowest BCUT2D eigenvalue weighted by atomic mass is 10.2. The van der Waals surface area contributed by atoms with Crippen molar-refractivity contribution in [1.29, 1.82) is 0 Å². The van der Waals surface area contributed by atoms with Crippen LogP contribution in [-0.2, 0) is 0 Å². The summed E-state index contributed by atoms with van der Waals surface area (Å²) in [5, 5.41) is 1.48. The number of rotatable bonds is 2. The number of halogens is 1. The molecule has 4 N–H and O–H groups in total. The number of nitrogens with two attached hydrogens (primary N) is 2. The summed E-state index contributed by atoms with van der Waals surface area (Å²) in [7, 11) is 0. The first kappa shape index (κ1) is 12.6. The standard InChI is InChI=1S/C15H12ClN3O/c16-11-4-6-14(15-10(11)2-1-7-19-15)20-9-3-5-12(17)13(18)8-9/h1-8H,17-18H2. The van der Waals surface area contributed by atoms with Crippen LogP contribution >= 0.6 is 11.6 Å². The van der Waals surface area contributed by atoms with Crippen molar-refractivity contribution in [1.82, 2.24) is 4.98 Å². The van der Waals surface area contributed by atoms with Crippen LogP contribution < -0.4 is 16.2 Å². The molecule has 0 bridgehead atoms. The van der Waals surface area contributed by atoms with Crippen LogP contribution in [0.25, 0.3) is 10.9 Å². The van der Waals surface area contributed by atoms with E-state index in [9.17, 15) is 0 Å². The number of hydrogen-bond donors (Lipinski definition) is 2. The van der Waals surface area contributed by atoms with Gasteiger partial charge in [0, 0.05) is 17.6 Å². The topological polar surface area (TPSA) is 74.2 Å². The van der Waals surface area contributed by atoms with E-state index < -0.39 is 0 Å². The number of nitrogen functional groups attached to an aromatic ring is 2. The molecule has 2 aromatic carbocycles. The Morgan fingerprint density at radius 1 is 1.00 bits per heavy atom. The molecule has 0 spiro atoms. The van der Waals surface area contributed by atoms with Crippen molar-refractivity contribution in [2.75, 3.05) is 11.5 Å². The van der Waals surface area contributed by atoms with Gasteiger partial charge in [-0.15, -0.1) is 0 Å². The van der Waals surface area contributed by atoms with Gasteiger partial charge in [-0.25, -0.2) is 0 Å². The summed E-state index contributed by atoms with van der Waals surface area (Å²) in [5.41, 5.74) is 13.2. The van der Waals surface area contributed by atoms with Crippen molar-refractivity contribution in [3.05, 3.63) is 53.7 Å². The number of fused-ring (bicyclic) bond motifs is 1. The first-order valence-corrected chi connectivity index (χ1v) is 6.39. The third-order valence-corrected chi connectivity index (χ3v) is 3.30. The smallest absolute Gasteiger partial charge is 0.153 e. The predicted molar refractivity (Wildman–Crippen MR) is 82.1 cm³/mol. The lowest BCUT2D eigenvalue weighted by molar-refractivity contribution is 0.487. The minimum Gasteiger partial charge on any atom is -0.455 e. The van der Waals surface area contributed by atoms with Crippen molar-refractivity contribution < 1.29 is 4.74 Å². The molecule has 3 aromatic rings. The average molecular weight is 286 g/mol. The molecule has 0 aliphatic heterocycles. The maximum absolute atomic E-state index is 6.15. The molecule has 0 fully saturated rings. The molecular formula is C15H12ClN3O. The van der Waals surface area contributed by atoms with Gasteiger partial charge < -0.3 is 16.2 Å². The van der Waals surface area contributed by atoms with E-state index in [2.05, 4.69) is 4.98 Å². The van der Waals surface area contributed by atoms with Crippen molar-refractivity contribution in [3.63, 3.8) is 0 Å². The molecule has 1 aromatic heterocycles. The molecule has 0 atom stereocenters. The van der Waals surface area contributed by atoms with E-state index in [1.807, 2.05) is 12.1 Å². The number of anilines is 2. The van der Waals surface area contributed by atoms with E-state index in [4.69, 9.17) is 27.8 Å². The van der Waals surface area contributed by atoms with Crippen LogP contribution in [0.1, 0.15) is 0 Å². The SMILES string of the molecule is Nc1ccc(Oc2ccc(Cl)c3cccnc23)cc1N. The highest BCUT2D eigenvalue weighted by Gasteiger charge is 2.08. The van der Waals surface area contributed by atoms with Crippen LogP contribution in [0.2, 0.25) is 5.02 Å². The average Bonchev–Trinajstić information content (AvgIpc) is 2.46. The third kappa shape index (κ3) is 2.21. The van der Waals surface area contributed by atoms with Gasteiger partial charge in [0.2, 0.25) is 0 Å². The Kier molecular flexibility index (Phi) is 3.08. The van der Waals surface area contributed by atoms with Gasteiger partial charge in [-0.1, -0.05) is 11.6 Å². The number of nitrogens with zero attached hydrogens (tertiary/aromatic N) is 1. The van der Waals surface area contributed by atoms with Crippen molar-refractivity contribution in [3.8, 4) is 11.5 Å². The van der Waals surface area contributed by atoms with Gasteiger partial charge in [0.15, 0.2) is 5.75 Å². The van der Waals surface area contributed by atoms with Crippen molar-refractivity contribution in [2.24, 2.45) is 0 Å². The molecule has 0 saturated carbocycles. The summed E-state index contributed by atoms with van der Waals surface area (Å²) < 4.78 is 5.83. The second-order valence-corrected chi connectivity index (χ2v) is 4.75. The maximum Gasteiger partial charge on any atom is 0.153 e. The van der Waals surface area contributed by atoms with Gasteiger partial charge in [-0.2, -0.15) is 0 Å². The molecule has 3 rings (SSSR count). The first-order valence-electron chi connectivity index (χ1n) is 6.01. The van der Waals surface area contributed by atoms with Gasteiger partial charge >= 0.3 is 0 Å². The summed E-state index contributed by atoms with van der Waals surface area (Å²) in [6, 6.07) is 12.4. The predicted octanol–water partition coefficient (Wildman–Crippen LogP) is 3.84. The Bertz CT molecular complexity index is 789. The lowest BCUT2D eigenvalue weighted by Gasteiger charge is -2.10. The molecule has 4 nitrogen and oxygen atoms in total. The molecule has 1 heterocycles. The molecule has 100 valence electrons. The molecule has 0 unspecified atom stereocenters. The molecule has 0 amide bonds. The molecule has 0 saturated heterocycles. The summed E-state index contributed by atoms with van der Waals surface area (Å²) in [5.74, 6) is 1.22. The number of aromatic nitrogens is 1. The summed E-state index contributed by atoms with van der Waals surface area (Å²) in [6.45, 7) is 0. The Labute approximate surface area is 120 Å².